The first-order chi connectivity index (χ1) is 12.6. The Kier molecular flexibility index (Phi) is 7.65. The summed E-state index contributed by atoms with van der Waals surface area (Å²) >= 11 is 5.72. The highest BCUT2D eigenvalue weighted by atomic mass is 32.2. The van der Waals surface area contributed by atoms with E-state index in [-0.39, 0.29) is 17.5 Å². The number of para-hydroxylation sites is 1. The largest absolute Gasteiger partial charge is 0.339 e. The van der Waals surface area contributed by atoms with Gasteiger partial charge in [-0.1, -0.05) is 18.2 Å². The molecule has 1 heterocycles. The fraction of sp³-hybridized carbons (Fsp3) is 0.650. The van der Waals surface area contributed by atoms with Gasteiger partial charge in [0.1, 0.15) is 0 Å². The first-order valence-corrected chi connectivity index (χ1v) is 12.0. The number of rotatable bonds is 7. The second-order valence-corrected chi connectivity index (χ2v) is 10.7. The number of quaternary nitrogens is 1. The maximum atomic E-state index is 12.0. The van der Waals surface area contributed by atoms with Crippen LogP contribution in [-0.4, -0.2) is 61.2 Å². The van der Waals surface area contributed by atoms with Gasteiger partial charge in [0.05, 0.1) is 36.7 Å². The number of hydrogen-bond donors (Lipinski definition) is 2. The van der Waals surface area contributed by atoms with E-state index in [1.165, 1.54) is 4.90 Å². The van der Waals surface area contributed by atoms with Crippen molar-refractivity contribution in [2.75, 3.05) is 29.9 Å². The molecule has 7 heteroatoms. The van der Waals surface area contributed by atoms with Gasteiger partial charge in [-0.3, -0.25) is 0 Å². The van der Waals surface area contributed by atoms with E-state index in [1.807, 2.05) is 31.2 Å². The number of aryl methyl sites for hydroxylation is 1. The van der Waals surface area contributed by atoms with Crippen LogP contribution < -0.4 is 10.2 Å². The normalized spacial score (nSPS) is 19.0. The van der Waals surface area contributed by atoms with E-state index in [0.29, 0.717) is 23.6 Å². The molecule has 2 N–H and O–H groups in total. The molecule has 1 atom stereocenters. The molecule has 5 nitrogen and oxygen atoms in total. The van der Waals surface area contributed by atoms with Crippen LogP contribution in [0, 0.1) is 6.92 Å². The molecule has 152 valence electrons. The topological polar surface area (TPSA) is 53.9 Å². The van der Waals surface area contributed by atoms with Crippen molar-refractivity contribution < 1.29 is 13.3 Å². The van der Waals surface area contributed by atoms with Crippen molar-refractivity contribution in [2.45, 2.75) is 59.2 Å². The van der Waals surface area contributed by atoms with Crippen LogP contribution in [0.1, 0.15) is 39.7 Å². The summed E-state index contributed by atoms with van der Waals surface area (Å²) in [6, 6.07) is 9.00. The molecule has 0 aliphatic carbocycles. The van der Waals surface area contributed by atoms with Gasteiger partial charge in [0.15, 0.2) is 14.9 Å². The van der Waals surface area contributed by atoms with Crippen molar-refractivity contribution in [1.82, 2.24) is 4.90 Å². The number of hydrogen-bond acceptors (Lipinski definition) is 3. The van der Waals surface area contributed by atoms with Crippen LogP contribution in [0.3, 0.4) is 0 Å². The highest BCUT2D eigenvalue weighted by Gasteiger charge is 2.34. The second kappa shape index (κ2) is 9.34. The third-order valence-corrected chi connectivity index (χ3v) is 7.51. The highest BCUT2D eigenvalue weighted by Crippen LogP contribution is 2.20. The molecule has 1 fully saturated rings. The molecule has 27 heavy (non-hydrogen) atoms. The summed E-state index contributed by atoms with van der Waals surface area (Å²) in [6.07, 6.45) is 0.649. The molecule has 0 spiro atoms. The number of nitrogens with zero attached hydrogens (tertiary/aromatic N) is 1. The summed E-state index contributed by atoms with van der Waals surface area (Å²) in [6.45, 7) is 12.6. The van der Waals surface area contributed by atoms with Crippen molar-refractivity contribution in [1.29, 1.82) is 0 Å². The van der Waals surface area contributed by atoms with Crippen LogP contribution in [0.2, 0.25) is 0 Å². The monoisotopic (exact) mass is 412 g/mol. The van der Waals surface area contributed by atoms with Gasteiger partial charge in [0, 0.05) is 11.7 Å². The van der Waals surface area contributed by atoms with E-state index in [4.69, 9.17) is 12.2 Å². The second-order valence-electron chi connectivity index (χ2n) is 8.13. The molecular formula is C20H34N3O2S2+. The molecule has 0 unspecified atom stereocenters. The lowest BCUT2D eigenvalue weighted by atomic mass is 10.2. The zero-order valence-corrected chi connectivity index (χ0v) is 18.8. The van der Waals surface area contributed by atoms with Gasteiger partial charge < -0.3 is 15.1 Å². The Morgan fingerprint density at radius 3 is 2.41 bits per heavy atom. The molecule has 1 aromatic rings. The average Bonchev–Trinajstić information content (AvgIpc) is 2.92. The first-order valence-electron chi connectivity index (χ1n) is 9.80. The quantitative estimate of drug-likeness (QED) is 0.670. The number of benzene rings is 1. The lowest BCUT2D eigenvalue weighted by molar-refractivity contribution is -0.941. The van der Waals surface area contributed by atoms with E-state index in [1.54, 1.807) is 0 Å². The minimum atomic E-state index is -2.96. The van der Waals surface area contributed by atoms with Crippen molar-refractivity contribution in [2.24, 2.45) is 0 Å². The van der Waals surface area contributed by atoms with Gasteiger partial charge in [0.25, 0.3) is 0 Å². The summed E-state index contributed by atoms with van der Waals surface area (Å²) < 4.78 is 24.1. The molecule has 0 saturated carbocycles. The standard InChI is InChI=1S/C20H33N3O2S2/c1-15(2)22(16(3)4)11-12-23(18-10-13-27(24,25)14-18)20(26)21-19-9-7-6-8-17(19)5/h6-9,15-16,18H,10-14H2,1-5H3,(H,21,26)/p+1/t18-/m0/s1. The summed E-state index contributed by atoms with van der Waals surface area (Å²) in [7, 11) is -2.96. The fourth-order valence-electron chi connectivity index (χ4n) is 3.86. The Hall–Kier alpha value is -1.18. The molecule has 0 bridgehead atoms. The zero-order chi connectivity index (χ0) is 20.2. The Morgan fingerprint density at radius 2 is 1.89 bits per heavy atom. The van der Waals surface area contributed by atoms with Crippen LogP contribution in [-0.2, 0) is 9.84 Å². The fourth-order valence-corrected chi connectivity index (χ4v) is 5.95. The van der Waals surface area contributed by atoms with E-state index in [9.17, 15) is 8.42 Å². The van der Waals surface area contributed by atoms with Crippen LogP contribution in [0.5, 0.6) is 0 Å². The lowest BCUT2D eigenvalue weighted by Gasteiger charge is -2.34. The first kappa shape index (κ1) is 22.1. The molecule has 2 rings (SSSR count). The third-order valence-electron chi connectivity index (χ3n) is 5.42. The van der Waals surface area contributed by atoms with Gasteiger partial charge >= 0.3 is 0 Å². The number of nitrogens with one attached hydrogen (secondary N) is 2. The zero-order valence-electron chi connectivity index (χ0n) is 17.2. The van der Waals surface area contributed by atoms with E-state index < -0.39 is 9.84 Å². The molecule has 1 aliphatic rings. The number of thiocarbonyl (C=S) groups is 1. The minimum absolute atomic E-state index is 0.0420. The highest BCUT2D eigenvalue weighted by molar-refractivity contribution is 7.91. The Balaban J connectivity index is 2.16. The van der Waals surface area contributed by atoms with Gasteiger partial charge in [-0.15, -0.1) is 0 Å². The third kappa shape index (κ3) is 6.16. The predicted octanol–water partition coefficient (Wildman–Crippen LogP) is 1.88. The van der Waals surface area contributed by atoms with Crippen LogP contribution in [0.4, 0.5) is 5.69 Å². The Morgan fingerprint density at radius 1 is 1.26 bits per heavy atom. The SMILES string of the molecule is Cc1ccccc1NC(=S)N(CC[NH+](C(C)C)C(C)C)[C@H]1CCS(=O)(=O)C1. The van der Waals surface area contributed by atoms with Crippen molar-refractivity contribution in [3.05, 3.63) is 29.8 Å². The maximum absolute atomic E-state index is 12.0. The van der Waals surface area contributed by atoms with E-state index in [2.05, 4.69) is 37.9 Å². The molecule has 0 aromatic heterocycles. The van der Waals surface area contributed by atoms with Crippen molar-refractivity contribution in [3.63, 3.8) is 0 Å². The van der Waals surface area contributed by atoms with Gasteiger partial charge in [0.2, 0.25) is 0 Å². The number of anilines is 1. The molecule has 1 aliphatic heterocycles. The summed E-state index contributed by atoms with van der Waals surface area (Å²) in [5, 5.41) is 3.97. The van der Waals surface area contributed by atoms with E-state index >= 15 is 0 Å². The lowest BCUT2D eigenvalue weighted by Crippen LogP contribution is -3.18. The van der Waals surface area contributed by atoms with Gasteiger partial charge in [-0.05, 0) is 64.9 Å². The van der Waals surface area contributed by atoms with Crippen molar-refractivity contribution >= 4 is 32.9 Å². The van der Waals surface area contributed by atoms with Crippen LogP contribution >= 0.6 is 12.2 Å². The van der Waals surface area contributed by atoms with Crippen LogP contribution in [0.15, 0.2) is 24.3 Å². The van der Waals surface area contributed by atoms with Crippen molar-refractivity contribution in [3.8, 4) is 0 Å². The smallest absolute Gasteiger partial charge is 0.173 e. The van der Waals surface area contributed by atoms with Gasteiger partial charge in [-0.25, -0.2) is 8.42 Å². The molecule has 0 amide bonds. The van der Waals surface area contributed by atoms with Crippen LogP contribution in [0.25, 0.3) is 0 Å². The number of sulfone groups is 1. The Bertz CT molecular complexity index is 739. The summed E-state index contributed by atoms with van der Waals surface area (Å²) in [5.74, 6) is 0.452. The average molecular weight is 413 g/mol. The molecular weight excluding hydrogens is 378 g/mol. The summed E-state index contributed by atoms with van der Waals surface area (Å²) in [5.41, 5.74) is 2.10. The minimum Gasteiger partial charge on any atom is -0.339 e. The predicted molar refractivity (Wildman–Crippen MR) is 117 cm³/mol. The Labute approximate surface area is 170 Å². The molecule has 0 radical (unpaired) electrons. The maximum Gasteiger partial charge on any atom is 0.173 e. The molecule has 1 saturated heterocycles. The van der Waals surface area contributed by atoms with E-state index in [0.717, 1.165) is 24.3 Å². The molecule has 1 aromatic carbocycles. The summed E-state index contributed by atoms with van der Waals surface area (Å²) in [4.78, 5) is 3.61. The van der Waals surface area contributed by atoms with Gasteiger partial charge in [-0.2, -0.15) is 0 Å².